The SMILES string of the molecule is CCN1CCC(C)(C(=O)Nc2cc(-c3ccc4c(c3)CCC(C(=O)NO)C4)ccn2)CC1. The molecule has 1 atom stereocenters. The first-order chi connectivity index (χ1) is 15.4. The van der Waals surface area contributed by atoms with Crippen molar-refractivity contribution < 1.29 is 14.8 Å². The summed E-state index contributed by atoms with van der Waals surface area (Å²) < 4.78 is 0. The third-order valence-corrected chi connectivity index (χ3v) is 7.21. The summed E-state index contributed by atoms with van der Waals surface area (Å²) in [7, 11) is 0. The van der Waals surface area contributed by atoms with E-state index in [9.17, 15) is 9.59 Å². The van der Waals surface area contributed by atoms with Gasteiger partial charge in [-0.3, -0.25) is 14.8 Å². The van der Waals surface area contributed by atoms with Gasteiger partial charge in [-0.1, -0.05) is 32.0 Å². The standard InChI is InChI=1S/C25H32N4O3/c1-3-29-12-9-25(2,10-13-29)24(31)27-22-16-20(8-11-26-22)18-4-5-19-15-21(23(30)28-32)7-6-17(19)14-18/h4-5,8,11,14,16,21,32H,3,6-7,9-10,12-13,15H2,1-2H3,(H,28,30)(H,26,27,31). The van der Waals surface area contributed by atoms with Gasteiger partial charge in [-0.15, -0.1) is 0 Å². The third-order valence-electron chi connectivity index (χ3n) is 7.21. The summed E-state index contributed by atoms with van der Waals surface area (Å²) in [6, 6.07) is 10.1. The second-order valence-corrected chi connectivity index (χ2v) is 9.28. The van der Waals surface area contributed by atoms with Gasteiger partial charge in [-0.2, -0.15) is 0 Å². The van der Waals surface area contributed by atoms with Gasteiger partial charge in [0.05, 0.1) is 0 Å². The number of aromatic nitrogens is 1. The lowest BCUT2D eigenvalue weighted by atomic mass is 9.79. The van der Waals surface area contributed by atoms with Crippen molar-refractivity contribution >= 4 is 17.6 Å². The van der Waals surface area contributed by atoms with E-state index in [0.717, 1.165) is 55.6 Å². The molecule has 2 amide bonds. The van der Waals surface area contributed by atoms with Crippen LogP contribution < -0.4 is 10.8 Å². The molecule has 1 unspecified atom stereocenters. The van der Waals surface area contributed by atoms with Crippen molar-refractivity contribution in [2.75, 3.05) is 25.0 Å². The number of hydroxylamine groups is 1. The maximum Gasteiger partial charge on any atom is 0.246 e. The van der Waals surface area contributed by atoms with E-state index in [0.29, 0.717) is 18.7 Å². The zero-order valence-electron chi connectivity index (χ0n) is 18.9. The molecular formula is C25H32N4O3. The van der Waals surface area contributed by atoms with Gasteiger partial charge >= 0.3 is 0 Å². The Bertz CT molecular complexity index is 998. The topological polar surface area (TPSA) is 94.6 Å². The number of amides is 2. The molecule has 2 aliphatic rings. The second kappa shape index (κ2) is 9.38. The van der Waals surface area contributed by atoms with E-state index in [1.807, 2.05) is 25.1 Å². The van der Waals surface area contributed by atoms with Crippen molar-refractivity contribution in [2.24, 2.45) is 11.3 Å². The number of rotatable bonds is 5. The number of nitrogens with one attached hydrogen (secondary N) is 2. The van der Waals surface area contributed by atoms with Crippen LogP contribution in [0.3, 0.4) is 0 Å². The van der Waals surface area contributed by atoms with Gasteiger partial charge in [0.1, 0.15) is 5.82 Å². The molecule has 1 aliphatic heterocycles. The molecular weight excluding hydrogens is 404 g/mol. The number of fused-ring (bicyclic) bond motifs is 1. The number of anilines is 1. The molecule has 32 heavy (non-hydrogen) atoms. The molecule has 1 aromatic carbocycles. The zero-order chi connectivity index (χ0) is 22.7. The number of likely N-dealkylation sites (tertiary alicyclic amines) is 1. The Labute approximate surface area is 189 Å². The Kier molecular flexibility index (Phi) is 6.58. The number of pyridine rings is 1. The van der Waals surface area contributed by atoms with Crippen LogP contribution in [0, 0.1) is 11.3 Å². The minimum absolute atomic E-state index is 0.0385. The highest BCUT2D eigenvalue weighted by molar-refractivity contribution is 5.94. The Balaban J connectivity index is 1.47. The van der Waals surface area contributed by atoms with Gasteiger partial charge in [0.15, 0.2) is 0 Å². The van der Waals surface area contributed by atoms with Gasteiger partial charge in [0.25, 0.3) is 0 Å². The number of aryl methyl sites for hydroxylation is 1. The fraction of sp³-hybridized carbons (Fsp3) is 0.480. The van der Waals surface area contributed by atoms with Crippen LogP contribution in [0.5, 0.6) is 0 Å². The van der Waals surface area contributed by atoms with Gasteiger partial charge < -0.3 is 10.2 Å². The molecule has 1 fully saturated rings. The highest BCUT2D eigenvalue weighted by Gasteiger charge is 2.36. The van der Waals surface area contributed by atoms with E-state index < -0.39 is 0 Å². The van der Waals surface area contributed by atoms with E-state index in [1.54, 1.807) is 11.7 Å². The molecule has 7 nitrogen and oxygen atoms in total. The first-order valence-electron chi connectivity index (χ1n) is 11.5. The molecule has 170 valence electrons. The van der Waals surface area contributed by atoms with Crippen LogP contribution in [0.25, 0.3) is 11.1 Å². The molecule has 2 heterocycles. The summed E-state index contributed by atoms with van der Waals surface area (Å²) in [5, 5.41) is 11.9. The molecule has 0 radical (unpaired) electrons. The molecule has 0 bridgehead atoms. The Morgan fingerprint density at radius 2 is 1.91 bits per heavy atom. The number of carbonyl (C=O) groups excluding carboxylic acids is 2. The van der Waals surface area contributed by atoms with Crippen LogP contribution in [-0.2, 0) is 22.4 Å². The minimum Gasteiger partial charge on any atom is -0.310 e. The monoisotopic (exact) mass is 436 g/mol. The van der Waals surface area contributed by atoms with Crippen LogP contribution in [0.15, 0.2) is 36.5 Å². The average molecular weight is 437 g/mol. The lowest BCUT2D eigenvalue weighted by molar-refractivity contribution is -0.133. The first-order valence-corrected chi connectivity index (χ1v) is 11.5. The van der Waals surface area contributed by atoms with E-state index in [4.69, 9.17) is 5.21 Å². The van der Waals surface area contributed by atoms with Gasteiger partial charge in [-0.05, 0) is 86.1 Å². The van der Waals surface area contributed by atoms with Crippen LogP contribution in [0.1, 0.15) is 44.2 Å². The van der Waals surface area contributed by atoms with Crippen LogP contribution in [0.2, 0.25) is 0 Å². The van der Waals surface area contributed by atoms with Crippen LogP contribution in [0.4, 0.5) is 5.82 Å². The Morgan fingerprint density at radius 3 is 2.62 bits per heavy atom. The molecule has 4 rings (SSSR count). The number of piperidine rings is 1. The van der Waals surface area contributed by atoms with Gasteiger partial charge in [-0.25, -0.2) is 10.5 Å². The zero-order valence-corrected chi connectivity index (χ0v) is 18.9. The first kappa shape index (κ1) is 22.4. The minimum atomic E-state index is -0.368. The predicted molar refractivity (Wildman–Crippen MR) is 123 cm³/mol. The maximum absolute atomic E-state index is 13.0. The molecule has 1 aromatic heterocycles. The number of hydrogen-bond acceptors (Lipinski definition) is 5. The van der Waals surface area contributed by atoms with Crippen LogP contribution in [-0.4, -0.2) is 46.5 Å². The molecule has 1 saturated heterocycles. The van der Waals surface area contributed by atoms with E-state index in [-0.39, 0.29) is 23.1 Å². The van der Waals surface area contributed by atoms with Crippen molar-refractivity contribution in [1.82, 2.24) is 15.4 Å². The molecule has 0 saturated carbocycles. The fourth-order valence-corrected chi connectivity index (χ4v) is 4.79. The summed E-state index contributed by atoms with van der Waals surface area (Å²) >= 11 is 0. The summed E-state index contributed by atoms with van der Waals surface area (Å²) in [6.45, 7) is 7.13. The highest BCUT2D eigenvalue weighted by atomic mass is 16.5. The molecule has 3 N–H and O–H groups in total. The third kappa shape index (κ3) is 4.69. The lowest BCUT2D eigenvalue weighted by Crippen LogP contribution is -2.44. The largest absolute Gasteiger partial charge is 0.310 e. The number of hydrogen-bond donors (Lipinski definition) is 3. The normalized spacial score (nSPS) is 20.3. The smallest absolute Gasteiger partial charge is 0.246 e. The molecule has 1 aliphatic carbocycles. The molecule has 7 heteroatoms. The Hall–Kier alpha value is -2.77. The van der Waals surface area contributed by atoms with Crippen molar-refractivity contribution in [3.05, 3.63) is 47.7 Å². The number of benzene rings is 1. The van der Waals surface area contributed by atoms with Gasteiger partial charge in [0, 0.05) is 17.5 Å². The second-order valence-electron chi connectivity index (χ2n) is 9.28. The fourth-order valence-electron chi connectivity index (χ4n) is 4.79. The number of nitrogens with zero attached hydrogens (tertiary/aromatic N) is 2. The highest BCUT2D eigenvalue weighted by Crippen LogP contribution is 2.33. The predicted octanol–water partition coefficient (Wildman–Crippen LogP) is 3.42. The molecule has 2 aromatic rings. The number of carbonyl (C=O) groups is 2. The lowest BCUT2D eigenvalue weighted by Gasteiger charge is -2.37. The quantitative estimate of drug-likeness (QED) is 0.493. The summed E-state index contributed by atoms with van der Waals surface area (Å²) in [5.74, 6) is 0.107. The van der Waals surface area contributed by atoms with E-state index in [2.05, 4.69) is 34.3 Å². The van der Waals surface area contributed by atoms with E-state index >= 15 is 0 Å². The summed E-state index contributed by atoms with van der Waals surface area (Å²) in [4.78, 5) is 31.5. The van der Waals surface area contributed by atoms with E-state index in [1.165, 1.54) is 5.56 Å². The summed E-state index contributed by atoms with van der Waals surface area (Å²) in [6.07, 6.45) is 5.58. The average Bonchev–Trinajstić information content (AvgIpc) is 2.83. The van der Waals surface area contributed by atoms with Crippen molar-refractivity contribution in [3.8, 4) is 11.1 Å². The van der Waals surface area contributed by atoms with Crippen molar-refractivity contribution in [2.45, 2.75) is 46.0 Å². The van der Waals surface area contributed by atoms with Gasteiger partial charge in [0.2, 0.25) is 11.8 Å². The maximum atomic E-state index is 13.0. The van der Waals surface area contributed by atoms with Crippen molar-refractivity contribution in [3.63, 3.8) is 0 Å². The molecule has 0 spiro atoms. The summed E-state index contributed by atoms with van der Waals surface area (Å²) in [5.41, 5.74) is 5.83. The van der Waals surface area contributed by atoms with Crippen LogP contribution >= 0.6 is 0 Å². The Morgan fingerprint density at radius 1 is 1.16 bits per heavy atom. The van der Waals surface area contributed by atoms with Crippen molar-refractivity contribution in [1.29, 1.82) is 0 Å².